The molecular weight excluding hydrogens is 362 g/mol. The summed E-state index contributed by atoms with van der Waals surface area (Å²) in [4.78, 5) is 2.60. The quantitative estimate of drug-likeness (QED) is 0.456. The van der Waals surface area contributed by atoms with Crippen LogP contribution < -0.4 is 0 Å². The first-order chi connectivity index (χ1) is 14.5. The first kappa shape index (κ1) is 20.6. The summed E-state index contributed by atoms with van der Waals surface area (Å²) in [6, 6.07) is 31.0. The SMILES string of the molecule is CC(C)(C)c1ccc(CN2CCC(=C(c3ccccc3)c3ccccc3)CC2)cc1. The van der Waals surface area contributed by atoms with Gasteiger partial charge < -0.3 is 0 Å². The summed E-state index contributed by atoms with van der Waals surface area (Å²) < 4.78 is 0. The third-order valence-electron chi connectivity index (χ3n) is 6.16. The predicted molar refractivity (Wildman–Crippen MR) is 129 cm³/mol. The van der Waals surface area contributed by atoms with Crippen molar-refractivity contribution in [3.63, 3.8) is 0 Å². The molecule has 0 bridgehead atoms. The third-order valence-corrected chi connectivity index (χ3v) is 6.16. The normalized spacial score (nSPS) is 15.2. The fraction of sp³-hybridized carbons (Fsp3) is 0.310. The van der Waals surface area contributed by atoms with Gasteiger partial charge in [0.1, 0.15) is 0 Å². The smallest absolute Gasteiger partial charge is 0.0233 e. The Morgan fingerprint density at radius 3 is 1.67 bits per heavy atom. The highest BCUT2D eigenvalue weighted by atomic mass is 15.1. The van der Waals surface area contributed by atoms with E-state index in [1.165, 1.54) is 27.8 Å². The maximum absolute atomic E-state index is 2.60. The maximum atomic E-state index is 2.60. The van der Waals surface area contributed by atoms with Crippen molar-refractivity contribution in [1.82, 2.24) is 4.90 Å². The van der Waals surface area contributed by atoms with Crippen LogP contribution in [0, 0.1) is 0 Å². The van der Waals surface area contributed by atoms with Gasteiger partial charge in [-0.05, 0) is 46.1 Å². The molecule has 1 aliphatic heterocycles. The molecule has 0 aliphatic carbocycles. The van der Waals surface area contributed by atoms with E-state index in [2.05, 4.69) is 111 Å². The first-order valence-corrected chi connectivity index (χ1v) is 11.2. The summed E-state index contributed by atoms with van der Waals surface area (Å²) in [5.41, 5.74) is 8.74. The number of rotatable bonds is 4. The molecule has 3 aromatic carbocycles. The van der Waals surface area contributed by atoms with Crippen molar-refractivity contribution >= 4 is 5.57 Å². The van der Waals surface area contributed by atoms with Crippen LogP contribution in [0.4, 0.5) is 0 Å². The molecule has 1 fully saturated rings. The van der Waals surface area contributed by atoms with Crippen LogP contribution >= 0.6 is 0 Å². The Kier molecular flexibility index (Phi) is 6.20. The summed E-state index contributed by atoms with van der Waals surface area (Å²) in [6.45, 7) is 10.1. The van der Waals surface area contributed by atoms with Crippen molar-refractivity contribution in [3.05, 3.63) is 113 Å². The number of likely N-dealkylation sites (tertiary alicyclic amines) is 1. The number of nitrogens with zero attached hydrogens (tertiary/aromatic N) is 1. The van der Waals surface area contributed by atoms with Crippen LogP contribution in [-0.4, -0.2) is 18.0 Å². The zero-order chi connectivity index (χ0) is 21.0. The number of hydrogen-bond donors (Lipinski definition) is 0. The summed E-state index contributed by atoms with van der Waals surface area (Å²) in [5, 5.41) is 0. The average Bonchev–Trinajstić information content (AvgIpc) is 2.76. The Labute approximate surface area is 182 Å². The zero-order valence-corrected chi connectivity index (χ0v) is 18.6. The minimum Gasteiger partial charge on any atom is -0.298 e. The fourth-order valence-electron chi connectivity index (χ4n) is 4.38. The molecule has 0 atom stereocenters. The maximum Gasteiger partial charge on any atom is 0.0233 e. The molecule has 3 aromatic rings. The van der Waals surface area contributed by atoms with Crippen molar-refractivity contribution in [2.75, 3.05) is 13.1 Å². The monoisotopic (exact) mass is 395 g/mol. The van der Waals surface area contributed by atoms with Crippen molar-refractivity contribution < 1.29 is 0 Å². The van der Waals surface area contributed by atoms with Gasteiger partial charge in [-0.2, -0.15) is 0 Å². The molecule has 0 spiro atoms. The Bertz CT molecular complexity index is 925. The Balaban J connectivity index is 1.50. The standard InChI is InChI=1S/C29H33N/c1-29(2,3)27-16-14-23(15-17-27)22-30-20-18-26(19-21-30)28(24-10-6-4-7-11-24)25-12-8-5-9-13-25/h4-17H,18-22H2,1-3H3. The highest BCUT2D eigenvalue weighted by Gasteiger charge is 2.19. The topological polar surface area (TPSA) is 3.24 Å². The van der Waals surface area contributed by atoms with Crippen LogP contribution in [0.5, 0.6) is 0 Å². The van der Waals surface area contributed by atoms with Crippen LogP contribution in [0.1, 0.15) is 55.9 Å². The predicted octanol–water partition coefficient (Wildman–Crippen LogP) is 7.08. The van der Waals surface area contributed by atoms with Gasteiger partial charge in [0.25, 0.3) is 0 Å². The number of hydrogen-bond acceptors (Lipinski definition) is 1. The molecule has 0 amide bonds. The van der Waals surface area contributed by atoms with Crippen molar-refractivity contribution in [2.24, 2.45) is 0 Å². The molecule has 0 N–H and O–H groups in total. The summed E-state index contributed by atoms with van der Waals surface area (Å²) in [7, 11) is 0. The van der Waals surface area contributed by atoms with Crippen molar-refractivity contribution in [2.45, 2.75) is 45.6 Å². The minimum absolute atomic E-state index is 0.217. The highest BCUT2D eigenvalue weighted by molar-refractivity contribution is 5.82. The molecule has 30 heavy (non-hydrogen) atoms. The minimum atomic E-state index is 0.217. The molecule has 0 unspecified atom stereocenters. The number of benzene rings is 3. The average molecular weight is 396 g/mol. The third kappa shape index (κ3) is 4.91. The van der Waals surface area contributed by atoms with Crippen molar-refractivity contribution in [3.8, 4) is 0 Å². The molecule has 1 heterocycles. The number of piperidine rings is 1. The van der Waals surface area contributed by atoms with Gasteiger partial charge in [-0.15, -0.1) is 0 Å². The molecule has 1 nitrogen and oxygen atoms in total. The zero-order valence-electron chi connectivity index (χ0n) is 18.6. The molecule has 0 aromatic heterocycles. The lowest BCUT2D eigenvalue weighted by Gasteiger charge is -2.30. The fourth-order valence-corrected chi connectivity index (χ4v) is 4.38. The van der Waals surface area contributed by atoms with E-state index in [4.69, 9.17) is 0 Å². The van der Waals surface area contributed by atoms with Crippen molar-refractivity contribution in [1.29, 1.82) is 0 Å². The second-order valence-corrected chi connectivity index (χ2v) is 9.43. The van der Waals surface area contributed by atoms with E-state index in [1.807, 2.05) is 0 Å². The lowest BCUT2D eigenvalue weighted by molar-refractivity contribution is 0.248. The van der Waals surface area contributed by atoms with E-state index in [0.29, 0.717) is 0 Å². The van der Waals surface area contributed by atoms with Gasteiger partial charge in [0.15, 0.2) is 0 Å². The van der Waals surface area contributed by atoms with Crippen LogP contribution in [0.25, 0.3) is 5.57 Å². The highest BCUT2D eigenvalue weighted by Crippen LogP contribution is 2.32. The van der Waals surface area contributed by atoms with Gasteiger partial charge >= 0.3 is 0 Å². The second-order valence-electron chi connectivity index (χ2n) is 9.43. The van der Waals surface area contributed by atoms with E-state index in [-0.39, 0.29) is 5.41 Å². The summed E-state index contributed by atoms with van der Waals surface area (Å²) in [5.74, 6) is 0. The summed E-state index contributed by atoms with van der Waals surface area (Å²) in [6.07, 6.45) is 2.28. The van der Waals surface area contributed by atoms with Crippen LogP contribution in [-0.2, 0) is 12.0 Å². The Morgan fingerprint density at radius 1 is 0.700 bits per heavy atom. The lowest BCUT2D eigenvalue weighted by atomic mass is 9.86. The summed E-state index contributed by atoms with van der Waals surface area (Å²) >= 11 is 0. The Hall–Kier alpha value is -2.64. The van der Waals surface area contributed by atoms with Gasteiger partial charge in [-0.25, -0.2) is 0 Å². The van der Waals surface area contributed by atoms with Gasteiger partial charge in [-0.3, -0.25) is 4.90 Å². The molecule has 0 radical (unpaired) electrons. The van der Waals surface area contributed by atoms with Crippen LogP contribution in [0.2, 0.25) is 0 Å². The van der Waals surface area contributed by atoms with E-state index >= 15 is 0 Å². The first-order valence-electron chi connectivity index (χ1n) is 11.2. The van der Waals surface area contributed by atoms with E-state index in [1.54, 1.807) is 5.57 Å². The second kappa shape index (κ2) is 9.02. The van der Waals surface area contributed by atoms with Crippen LogP contribution in [0.15, 0.2) is 90.5 Å². The van der Waals surface area contributed by atoms with E-state index in [9.17, 15) is 0 Å². The van der Waals surface area contributed by atoms with Gasteiger partial charge in [0, 0.05) is 19.6 Å². The van der Waals surface area contributed by atoms with E-state index in [0.717, 1.165) is 32.5 Å². The van der Waals surface area contributed by atoms with Gasteiger partial charge in [0.05, 0.1) is 0 Å². The molecule has 154 valence electrons. The van der Waals surface area contributed by atoms with Gasteiger partial charge in [0.2, 0.25) is 0 Å². The largest absolute Gasteiger partial charge is 0.298 e. The molecule has 0 saturated carbocycles. The molecule has 1 heteroatoms. The van der Waals surface area contributed by atoms with Crippen LogP contribution in [0.3, 0.4) is 0 Å². The van der Waals surface area contributed by atoms with Gasteiger partial charge in [-0.1, -0.05) is 111 Å². The molecule has 1 saturated heterocycles. The molecule has 1 aliphatic rings. The molecule has 4 rings (SSSR count). The molecular formula is C29H33N. The lowest BCUT2D eigenvalue weighted by Crippen LogP contribution is -2.30. The van der Waals surface area contributed by atoms with E-state index < -0.39 is 0 Å². The Morgan fingerprint density at radius 2 is 1.20 bits per heavy atom.